The molecule has 0 aliphatic carbocycles. The molecule has 1 aromatic heterocycles. The van der Waals surface area contributed by atoms with Crippen LogP contribution >= 0.6 is 11.3 Å². The average molecular weight is 184 g/mol. The van der Waals surface area contributed by atoms with E-state index in [1.54, 1.807) is 6.92 Å². The Balaban J connectivity index is 3.09. The zero-order valence-electron chi connectivity index (χ0n) is 7.71. The summed E-state index contributed by atoms with van der Waals surface area (Å²) >= 11 is 1.44. The molecule has 1 rings (SSSR count). The molecule has 0 N–H and O–H groups in total. The molecule has 1 aromatic rings. The predicted molar refractivity (Wildman–Crippen MR) is 51.2 cm³/mol. The molecule has 0 atom stereocenters. The summed E-state index contributed by atoms with van der Waals surface area (Å²) in [5.41, 5.74) is 0.830. The van der Waals surface area contributed by atoms with Gasteiger partial charge in [0.25, 0.3) is 0 Å². The smallest absolute Gasteiger partial charge is 0.185 e. The number of aryl methyl sites for hydroxylation is 1. The first-order valence-electron chi connectivity index (χ1n) is 3.68. The minimum Gasteiger partial charge on any atom is -0.354 e. The molecule has 0 saturated carbocycles. The quantitative estimate of drug-likeness (QED) is 0.656. The van der Waals surface area contributed by atoms with E-state index in [4.69, 9.17) is 0 Å². The van der Waals surface area contributed by atoms with E-state index in [-0.39, 0.29) is 5.78 Å². The summed E-state index contributed by atoms with van der Waals surface area (Å²) in [5, 5.41) is 0.887. The van der Waals surface area contributed by atoms with Crippen molar-refractivity contribution in [1.82, 2.24) is 4.98 Å². The van der Waals surface area contributed by atoms with Crippen molar-refractivity contribution in [2.75, 3.05) is 19.0 Å². The Bertz CT molecular complexity index is 304. The number of carbonyl (C=O) groups excluding carboxylic acids is 1. The Hall–Kier alpha value is -0.900. The number of Topliss-reactive ketones (excluding diaryl/α,β-unsaturated/α-hetero) is 1. The normalized spacial score (nSPS) is 10.0. The number of ketones is 1. The Morgan fingerprint density at radius 2 is 2.08 bits per heavy atom. The van der Waals surface area contributed by atoms with E-state index in [0.717, 1.165) is 15.7 Å². The Morgan fingerprint density at radius 3 is 2.33 bits per heavy atom. The van der Waals surface area contributed by atoms with Crippen LogP contribution in [0.4, 0.5) is 5.13 Å². The lowest BCUT2D eigenvalue weighted by Crippen LogP contribution is -2.07. The number of aromatic nitrogens is 1. The van der Waals surface area contributed by atoms with Crippen molar-refractivity contribution in [1.29, 1.82) is 0 Å². The standard InChI is InChI=1S/C8H12N2OS/c1-5-7(6(2)11)12-8(9-5)10(3)4/h1-4H3. The van der Waals surface area contributed by atoms with Crippen LogP contribution in [0.3, 0.4) is 0 Å². The van der Waals surface area contributed by atoms with Gasteiger partial charge in [0.05, 0.1) is 10.6 Å². The maximum atomic E-state index is 11.1. The van der Waals surface area contributed by atoms with Gasteiger partial charge in [-0.05, 0) is 6.92 Å². The van der Waals surface area contributed by atoms with E-state index in [1.165, 1.54) is 11.3 Å². The maximum Gasteiger partial charge on any atom is 0.185 e. The zero-order valence-corrected chi connectivity index (χ0v) is 8.53. The van der Waals surface area contributed by atoms with Gasteiger partial charge < -0.3 is 4.90 Å². The average Bonchev–Trinajstić information content (AvgIpc) is 2.30. The molecule has 0 aliphatic heterocycles. The van der Waals surface area contributed by atoms with Crippen LogP contribution in [0.15, 0.2) is 0 Å². The molecular formula is C8H12N2OS. The molecule has 0 unspecified atom stereocenters. The lowest BCUT2D eigenvalue weighted by atomic mass is 10.3. The summed E-state index contributed by atoms with van der Waals surface area (Å²) in [6, 6.07) is 0. The highest BCUT2D eigenvalue weighted by Gasteiger charge is 2.11. The van der Waals surface area contributed by atoms with Gasteiger partial charge in [-0.3, -0.25) is 4.79 Å². The minimum absolute atomic E-state index is 0.0955. The van der Waals surface area contributed by atoms with Crippen molar-refractivity contribution >= 4 is 22.3 Å². The molecular weight excluding hydrogens is 172 g/mol. The molecule has 1 heterocycles. The van der Waals surface area contributed by atoms with Crippen LogP contribution in [-0.4, -0.2) is 24.9 Å². The molecule has 0 amide bonds. The molecule has 0 fully saturated rings. The molecule has 0 aromatic carbocycles. The van der Waals surface area contributed by atoms with Gasteiger partial charge in [-0.1, -0.05) is 11.3 Å². The first-order chi connectivity index (χ1) is 5.52. The Kier molecular flexibility index (Phi) is 2.47. The van der Waals surface area contributed by atoms with Crippen LogP contribution in [0.5, 0.6) is 0 Å². The highest BCUT2D eigenvalue weighted by molar-refractivity contribution is 7.17. The first-order valence-corrected chi connectivity index (χ1v) is 4.49. The van der Waals surface area contributed by atoms with Gasteiger partial charge in [0.15, 0.2) is 10.9 Å². The minimum atomic E-state index is 0.0955. The van der Waals surface area contributed by atoms with Gasteiger partial charge in [-0.2, -0.15) is 0 Å². The zero-order chi connectivity index (χ0) is 9.30. The highest BCUT2D eigenvalue weighted by atomic mass is 32.1. The van der Waals surface area contributed by atoms with Crippen LogP contribution < -0.4 is 4.90 Å². The molecule has 3 nitrogen and oxygen atoms in total. The predicted octanol–water partition coefficient (Wildman–Crippen LogP) is 1.72. The van der Waals surface area contributed by atoms with Gasteiger partial charge in [0.2, 0.25) is 0 Å². The van der Waals surface area contributed by atoms with Crippen LogP contribution in [0.1, 0.15) is 22.3 Å². The van der Waals surface area contributed by atoms with Crippen molar-refractivity contribution in [3.05, 3.63) is 10.6 Å². The van der Waals surface area contributed by atoms with E-state index in [1.807, 2.05) is 25.9 Å². The number of thiazole rings is 1. The summed E-state index contributed by atoms with van der Waals surface area (Å²) in [6.07, 6.45) is 0. The van der Waals surface area contributed by atoms with E-state index in [0.29, 0.717) is 0 Å². The van der Waals surface area contributed by atoms with E-state index in [9.17, 15) is 4.79 Å². The fourth-order valence-corrected chi connectivity index (χ4v) is 1.78. The topological polar surface area (TPSA) is 33.2 Å². The number of anilines is 1. The van der Waals surface area contributed by atoms with Gasteiger partial charge in [-0.15, -0.1) is 0 Å². The highest BCUT2D eigenvalue weighted by Crippen LogP contribution is 2.24. The lowest BCUT2D eigenvalue weighted by Gasteiger charge is -2.04. The van der Waals surface area contributed by atoms with Crippen LogP contribution in [0.2, 0.25) is 0 Å². The fourth-order valence-electron chi connectivity index (χ4n) is 0.900. The number of carbonyl (C=O) groups is 1. The molecule has 0 aliphatic rings. The number of nitrogens with zero attached hydrogens (tertiary/aromatic N) is 2. The first kappa shape index (κ1) is 9.19. The van der Waals surface area contributed by atoms with E-state index < -0.39 is 0 Å². The van der Waals surface area contributed by atoms with E-state index >= 15 is 0 Å². The monoisotopic (exact) mass is 184 g/mol. The third-order valence-corrected chi connectivity index (χ3v) is 2.91. The summed E-state index contributed by atoms with van der Waals surface area (Å²) in [7, 11) is 3.84. The van der Waals surface area contributed by atoms with Crippen molar-refractivity contribution in [3.8, 4) is 0 Å². The van der Waals surface area contributed by atoms with Gasteiger partial charge in [0.1, 0.15) is 0 Å². The third kappa shape index (κ3) is 1.64. The third-order valence-electron chi connectivity index (χ3n) is 1.49. The van der Waals surface area contributed by atoms with Gasteiger partial charge in [-0.25, -0.2) is 4.98 Å². The van der Waals surface area contributed by atoms with Crippen LogP contribution in [0, 0.1) is 6.92 Å². The molecule has 0 radical (unpaired) electrons. The largest absolute Gasteiger partial charge is 0.354 e. The molecule has 0 spiro atoms. The lowest BCUT2D eigenvalue weighted by molar-refractivity contribution is 0.102. The van der Waals surface area contributed by atoms with Crippen molar-refractivity contribution in [2.24, 2.45) is 0 Å². The molecule has 12 heavy (non-hydrogen) atoms. The van der Waals surface area contributed by atoms with Crippen molar-refractivity contribution in [2.45, 2.75) is 13.8 Å². The van der Waals surface area contributed by atoms with Crippen molar-refractivity contribution in [3.63, 3.8) is 0 Å². The molecule has 0 saturated heterocycles. The maximum absolute atomic E-state index is 11.1. The van der Waals surface area contributed by atoms with Crippen LogP contribution in [0.25, 0.3) is 0 Å². The summed E-state index contributed by atoms with van der Waals surface area (Å²) in [4.78, 5) is 18.0. The summed E-state index contributed by atoms with van der Waals surface area (Å²) in [5.74, 6) is 0.0955. The second-order valence-electron chi connectivity index (χ2n) is 2.86. The Morgan fingerprint density at radius 1 is 1.50 bits per heavy atom. The second-order valence-corrected chi connectivity index (χ2v) is 3.84. The van der Waals surface area contributed by atoms with Crippen LogP contribution in [-0.2, 0) is 0 Å². The van der Waals surface area contributed by atoms with Gasteiger partial charge >= 0.3 is 0 Å². The van der Waals surface area contributed by atoms with E-state index in [2.05, 4.69) is 4.98 Å². The molecule has 4 heteroatoms. The SMILES string of the molecule is CC(=O)c1sc(N(C)C)nc1C. The van der Waals surface area contributed by atoms with Gasteiger partial charge in [0, 0.05) is 21.0 Å². The fraction of sp³-hybridized carbons (Fsp3) is 0.500. The Labute approximate surface area is 76.0 Å². The number of rotatable bonds is 2. The molecule has 66 valence electrons. The number of hydrogen-bond acceptors (Lipinski definition) is 4. The van der Waals surface area contributed by atoms with Crippen molar-refractivity contribution < 1.29 is 4.79 Å². The number of hydrogen-bond donors (Lipinski definition) is 0. The summed E-state index contributed by atoms with van der Waals surface area (Å²) < 4.78 is 0. The molecule has 0 bridgehead atoms. The second kappa shape index (κ2) is 3.23. The summed E-state index contributed by atoms with van der Waals surface area (Å²) in [6.45, 7) is 3.43.